The summed E-state index contributed by atoms with van der Waals surface area (Å²) in [5.41, 5.74) is 0. The Hall–Kier alpha value is 0.610. The highest BCUT2D eigenvalue weighted by molar-refractivity contribution is 14.1. The fraction of sp³-hybridized carbons (Fsp3) is 1.00. The van der Waals surface area contributed by atoms with Crippen LogP contribution in [0.25, 0.3) is 0 Å². The Morgan fingerprint density at radius 3 is 2.70 bits per heavy atom. The van der Waals surface area contributed by atoms with E-state index in [0.717, 1.165) is 39.5 Å². The Morgan fingerprint density at radius 1 is 1.40 bits per heavy atom. The second-order valence-electron chi connectivity index (χ2n) is 2.27. The number of ether oxygens (including phenoxy) is 1. The summed E-state index contributed by atoms with van der Waals surface area (Å²) in [6, 6.07) is 0. The first-order valence-corrected chi connectivity index (χ1v) is 4.35. The first kappa shape index (κ1) is 8.70. The summed E-state index contributed by atoms with van der Waals surface area (Å²) >= 11 is 1.93. The van der Waals surface area contributed by atoms with Gasteiger partial charge in [-0.05, 0) is 0 Å². The fourth-order valence-corrected chi connectivity index (χ4v) is 1.19. The molecule has 0 aromatic rings. The van der Waals surface area contributed by atoms with Crippen LogP contribution in [0, 0.1) is 0 Å². The first-order valence-electron chi connectivity index (χ1n) is 3.47. The maximum Gasteiger partial charge on any atom is 0.109 e. The molecule has 0 radical (unpaired) electrons. The minimum Gasteiger partial charge on any atom is -0.379 e. The van der Waals surface area contributed by atoms with Gasteiger partial charge in [-0.2, -0.15) is 0 Å². The van der Waals surface area contributed by atoms with Crippen molar-refractivity contribution in [1.82, 2.24) is 4.90 Å². The highest BCUT2D eigenvalue weighted by atomic mass is 127. The molecule has 1 fully saturated rings. The van der Waals surface area contributed by atoms with Gasteiger partial charge in [0, 0.05) is 19.6 Å². The summed E-state index contributed by atoms with van der Waals surface area (Å²) in [5, 5.41) is 0. The van der Waals surface area contributed by atoms with E-state index in [1.54, 1.807) is 0 Å². The van der Waals surface area contributed by atoms with Gasteiger partial charge in [-0.1, -0.05) is 0 Å². The third-order valence-corrected chi connectivity index (χ3v) is 2.03. The summed E-state index contributed by atoms with van der Waals surface area (Å²) in [6.07, 6.45) is 0. The summed E-state index contributed by atoms with van der Waals surface area (Å²) in [7, 11) is 0. The van der Waals surface area contributed by atoms with Crippen molar-refractivity contribution in [2.45, 2.75) is 0 Å². The summed E-state index contributed by atoms with van der Waals surface area (Å²) in [5.74, 6) is 0. The minimum absolute atomic E-state index is 0.820. The van der Waals surface area contributed by atoms with Crippen molar-refractivity contribution >= 4 is 23.0 Å². The third-order valence-electron chi connectivity index (χ3n) is 1.59. The van der Waals surface area contributed by atoms with Crippen molar-refractivity contribution in [3.05, 3.63) is 0 Å². The molecule has 0 spiro atoms. The predicted molar refractivity (Wildman–Crippen MR) is 47.2 cm³/mol. The lowest BCUT2D eigenvalue weighted by Crippen LogP contribution is -2.37. The lowest BCUT2D eigenvalue weighted by Gasteiger charge is -2.25. The molecule has 1 aliphatic rings. The van der Waals surface area contributed by atoms with Crippen LogP contribution in [0.3, 0.4) is 0 Å². The Labute approximate surface area is 75.4 Å². The molecule has 1 aliphatic heterocycles. The van der Waals surface area contributed by atoms with Gasteiger partial charge in [-0.25, -0.2) is 0 Å². The zero-order valence-electron chi connectivity index (χ0n) is 5.88. The number of halogens is 1. The van der Waals surface area contributed by atoms with Crippen LogP contribution in [-0.2, 0) is 7.80 Å². The molecule has 0 saturated carbocycles. The molecule has 1 rings (SSSR count). The summed E-state index contributed by atoms with van der Waals surface area (Å²) < 4.78 is 10.1. The van der Waals surface area contributed by atoms with E-state index in [9.17, 15) is 0 Å². The van der Waals surface area contributed by atoms with E-state index in [1.165, 1.54) is 0 Å². The number of hydrogen-bond donors (Lipinski definition) is 0. The van der Waals surface area contributed by atoms with E-state index in [-0.39, 0.29) is 0 Å². The van der Waals surface area contributed by atoms with Gasteiger partial charge in [0.15, 0.2) is 0 Å². The zero-order chi connectivity index (χ0) is 7.23. The molecule has 0 amide bonds. The van der Waals surface area contributed by atoms with E-state index < -0.39 is 0 Å². The van der Waals surface area contributed by atoms with E-state index in [0.29, 0.717) is 0 Å². The number of rotatable bonds is 3. The molecule has 10 heavy (non-hydrogen) atoms. The van der Waals surface area contributed by atoms with Gasteiger partial charge >= 0.3 is 0 Å². The second-order valence-corrected chi connectivity index (χ2v) is 2.89. The standard InChI is InChI=1S/C6H12INO2/c7-10-6-3-8-1-4-9-5-2-8/h1-6H2. The smallest absolute Gasteiger partial charge is 0.109 e. The highest BCUT2D eigenvalue weighted by Gasteiger charge is 2.08. The largest absolute Gasteiger partial charge is 0.379 e. The van der Waals surface area contributed by atoms with Gasteiger partial charge < -0.3 is 7.80 Å². The number of morpholine rings is 1. The molecule has 3 nitrogen and oxygen atoms in total. The van der Waals surface area contributed by atoms with Crippen LogP contribution in [0.5, 0.6) is 0 Å². The molecule has 60 valence electrons. The molecule has 0 aromatic heterocycles. The van der Waals surface area contributed by atoms with E-state index in [2.05, 4.69) is 4.90 Å². The first-order chi connectivity index (χ1) is 4.93. The molecule has 1 heterocycles. The molecule has 0 unspecified atom stereocenters. The van der Waals surface area contributed by atoms with Gasteiger partial charge in [0.25, 0.3) is 0 Å². The van der Waals surface area contributed by atoms with Crippen LogP contribution < -0.4 is 0 Å². The second kappa shape index (κ2) is 5.29. The number of hydrogen-bond acceptors (Lipinski definition) is 3. The third kappa shape index (κ3) is 3.14. The Bertz CT molecular complexity index is 85.8. The average molecular weight is 257 g/mol. The number of nitrogens with zero attached hydrogens (tertiary/aromatic N) is 1. The Kier molecular flexibility index (Phi) is 4.60. The van der Waals surface area contributed by atoms with Crippen LogP contribution in [0.1, 0.15) is 0 Å². The van der Waals surface area contributed by atoms with Crippen molar-refractivity contribution < 1.29 is 7.80 Å². The molecule has 0 atom stereocenters. The Balaban J connectivity index is 2.02. The normalized spacial score (nSPS) is 21.3. The van der Waals surface area contributed by atoms with Gasteiger partial charge in [-0.3, -0.25) is 4.90 Å². The predicted octanol–water partition coefficient (Wildman–Crippen LogP) is 0.685. The SMILES string of the molecule is IOCCN1CCOCC1. The molecule has 1 saturated heterocycles. The fourth-order valence-electron chi connectivity index (χ4n) is 0.988. The lowest BCUT2D eigenvalue weighted by molar-refractivity contribution is 0.0344. The molecule has 0 aliphatic carbocycles. The highest BCUT2D eigenvalue weighted by Crippen LogP contribution is 1.96. The molecule has 4 heteroatoms. The average Bonchev–Trinajstić information content (AvgIpc) is 2.03. The van der Waals surface area contributed by atoms with Gasteiger partial charge in [0.1, 0.15) is 23.0 Å². The minimum atomic E-state index is 0.820. The van der Waals surface area contributed by atoms with Crippen LogP contribution in [0.2, 0.25) is 0 Å². The summed E-state index contributed by atoms with van der Waals surface area (Å²) in [4.78, 5) is 2.35. The molecule has 0 N–H and O–H groups in total. The molecule has 0 aromatic carbocycles. The van der Waals surface area contributed by atoms with Crippen LogP contribution in [-0.4, -0.2) is 44.4 Å². The van der Waals surface area contributed by atoms with Gasteiger partial charge in [0.2, 0.25) is 0 Å². The monoisotopic (exact) mass is 257 g/mol. The maximum absolute atomic E-state index is 5.20. The maximum atomic E-state index is 5.20. The van der Waals surface area contributed by atoms with E-state index in [4.69, 9.17) is 7.80 Å². The van der Waals surface area contributed by atoms with Crippen molar-refractivity contribution in [3.8, 4) is 0 Å². The van der Waals surface area contributed by atoms with Crippen molar-refractivity contribution in [2.75, 3.05) is 39.5 Å². The lowest BCUT2D eigenvalue weighted by atomic mass is 10.4. The molecular weight excluding hydrogens is 245 g/mol. The Morgan fingerprint density at radius 2 is 2.10 bits per heavy atom. The van der Waals surface area contributed by atoms with Crippen LogP contribution in [0.4, 0.5) is 0 Å². The van der Waals surface area contributed by atoms with Crippen LogP contribution >= 0.6 is 23.0 Å². The topological polar surface area (TPSA) is 21.7 Å². The van der Waals surface area contributed by atoms with Crippen molar-refractivity contribution in [3.63, 3.8) is 0 Å². The van der Waals surface area contributed by atoms with Gasteiger partial charge in [0.05, 0.1) is 19.8 Å². The summed E-state index contributed by atoms with van der Waals surface area (Å²) in [6.45, 7) is 5.72. The van der Waals surface area contributed by atoms with E-state index >= 15 is 0 Å². The van der Waals surface area contributed by atoms with Crippen molar-refractivity contribution in [1.29, 1.82) is 0 Å². The zero-order valence-corrected chi connectivity index (χ0v) is 8.04. The molecule has 0 bridgehead atoms. The van der Waals surface area contributed by atoms with Crippen molar-refractivity contribution in [2.24, 2.45) is 0 Å². The van der Waals surface area contributed by atoms with Crippen LogP contribution in [0.15, 0.2) is 0 Å². The quantitative estimate of drug-likeness (QED) is 0.694. The van der Waals surface area contributed by atoms with Gasteiger partial charge in [-0.15, -0.1) is 0 Å². The van der Waals surface area contributed by atoms with E-state index in [1.807, 2.05) is 23.0 Å². The molecular formula is C6H12INO2.